The van der Waals surface area contributed by atoms with E-state index in [9.17, 15) is 18.0 Å². The highest BCUT2D eigenvalue weighted by Crippen LogP contribution is 2.31. The summed E-state index contributed by atoms with van der Waals surface area (Å²) < 4.78 is 43.7. The van der Waals surface area contributed by atoms with E-state index in [-0.39, 0.29) is 17.6 Å². The molecule has 0 spiro atoms. The molecule has 0 saturated carbocycles. The fourth-order valence-corrected chi connectivity index (χ4v) is 4.04. The Balaban J connectivity index is 1.71. The maximum atomic E-state index is 13.7. The van der Waals surface area contributed by atoms with Gasteiger partial charge in [0, 0.05) is 42.7 Å². The minimum absolute atomic E-state index is 0.0182. The van der Waals surface area contributed by atoms with Crippen LogP contribution < -0.4 is 10.1 Å². The molecule has 34 heavy (non-hydrogen) atoms. The molecule has 2 aromatic carbocycles. The maximum absolute atomic E-state index is 13.7. The third-order valence-electron chi connectivity index (χ3n) is 5.64. The molecule has 1 unspecified atom stereocenters. The Morgan fingerprint density at radius 3 is 2.76 bits per heavy atom. The van der Waals surface area contributed by atoms with Crippen LogP contribution in [0.1, 0.15) is 37.9 Å². The molecule has 1 aromatic heterocycles. The van der Waals surface area contributed by atoms with Crippen LogP contribution >= 0.6 is 0 Å². The molecule has 6 nitrogen and oxygen atoms in total. The Labute approximate surface area is 195 Å². The lowest BCUT2D eigenvalue weighted by molar-refractivity contribution is -0.132. The smallest absolute Gasteiger partial charge is 0.387 e. The van der Waals surface area contributed by atoms with E-state index in [0.29, 0.717) is 48.1 Å². The highest BCUT2D eigenvalue weighted by atomic mass is 19.3. The number of aromatic nitrogens is 2. The highest BCUT2D eigenvalue weighted by molar-refractivity contribution is 5.76. The Hall–Kier alpha value is -3.62. The van der Waals surface area contributed by atoms with E-state index >= 15 is 0 Å². The first-order valence-corrected chi connectivity index (χ1v) is 11.2. The molecule has 1 N–H and O–H groups in total. The fraction of sp³-hybridized carbons (Fsp3) is 0.320. The average molecular weight is 470 g/mol. The highest BCUT2D eigenvalue weighted by Gasteiger charge is 2.26. The number of likely N-dealkylation sites (tertiary alicyclic amines) is 1. The third kappa shape index (κ3) is 5.84. The van der Waals surface area contributed by atoms with Crippen molar-refractivity contribution in [3.8, 4) is 17.0 Å². The first kappa shape index (κ1) is 23.5. The van der Waals surface area contributed by atoms with Gasteiger partial charge in [-0.05, 0) is 43.2 Å². The van der Waals surface area contributed by atoms with Crippen molar-refractivity contribution in [1.29, 1.82) is 0 Å². The summed E-state index contributed by atoms with van der Waals surface area (Å²) in [6, 6.07) is 13.9. The number of benzene rings is 2. The van der Waals surface area contributed by atoms with Crippen molar-refractivity contribution in [3.63, 3.8) is 0 Å². The zero-order valence-corrected chi connectivity index (χ0v) is 18.7. The van der Waals surface area contributed by atoms with Gasteiger partial charge in [-0.3, -0.25) is 4.79 Å². The third-order valence-corrected chi connectivity index (χ3v) is 5.64. The summed E-state index contributed by atoms with van der Waals surface area (Å²) in [5.74, 6) is 0.588. The monoisotopic (exact) mass is 470 g/mol. The summed E-state index contributed by atoms with van der Waals surface area (Å²) in [4.78, 5) is 23.5. The molecular weight excluding hydrogens is 445 g/mol. The molecule has 1 amide bonds. The minimum Gasteiger partial charge on any atom is -0.435 e. The molecule has 2 heterocycles. The number of piperidine rings is 1. The Morgan fingerprint density at radius 2 is 2.00 bits per heavy atom. The fourth-order valence-electron chi connectivity index (χ4n) is 4.04. The number of anilines is 2. The van der Waals surface area contributed by atoms with Crippen LogP contribution in [0.4, 0.5) is 24.7 Å². The lowest BCUT2D eigenvalue weighted by Gasteiger charge is -2.32. The van der Waals surface area contributed by atoms with Gasteiger partial charge < -0.3 is 15.0 Å². The molecule has 3 aromatic rings. The molecule has 1 atom stereocenters. The van der Waals surface area contributed by atoms with Gasteiger partial charge in [0.15, 0.2) is 0 Å². The Morgan fingerprint density at radius 1 is 1.18 bits per heavy atom. The maximum Gasteiger partial charge on any atom is 0.387 e. The van der Waals surface area contributed by atoms with Crippen LogP contribution in [0.2, 0.25) is 0 Å². The standard InChI is InChI=1S/C25H25F3N4O2/c1-2-23(33)32-11-5-7-17(15-32)24-30-21(16-6-3-10-20(12-16)34-25(27)28)14-22(31-24)29-19-9-4-8-18(26)13-19/h3-4,6,8-10,12-14,17,25H,2,5,7,11,15H2,1H3,(H,29,30,31). The van der Waals surface area contributed by atoms with Gasteiger partial charge in [-0.15, -0.1) is 0 Å². The molecule has 0 aliphatic carbocycles. The number of amides is 1. The van der Waals surface area contributed by atoms with Gasteiger partial charge in [-0.2, -0.15) is 8.78 Å². The molecule has 1 aliphatic rings. The van der Waals surface area contributed by atoms with Crippen molar-refractivity contribution < 1.29 is 22.7 Å². The molecule has 9 heteroatoms. The number of halogens is 3. The van der Waals surface area contributed by atoms with Crippen molar-refractivity contribution in [3.05, 3.63) is 66.2 Å². The van der Waals surface area contributed by atoms with Crippen molar-refractivity contribution in [2.24, 2.45) is 0 Å². The first-order chi connectivity index (χ1) is 16.4. The first-order valence-electron chi connectivity index (χ1n) is 11.2. The summed E-state index contributed by atoms with van der Waals surface area (Å²) in [6.07, 6.45) is 2.07. The second kappa shape index (κ2) is 10.5. The van der Waals surface area contributed by atoms with Gasteiger partial charge in [-0.1, -0.05) is 25.1 Å². The largest absolute Gasteiger partial charge is 0.435 e. The van der Waals surface area contributed by atoms with Gasteiger partial charge >= 0.3 is 6.61 Å². The average Bonchev–Trinajstić information content (AvgIpc) is 2.83. The van der Waals surface area contributed by atoms with Crippen LogP contribution in [0.3, 0.4) is 0 Å². The molecule has 4 rings (SSSR count). The summed E-state index contributed by atoms with van der Waals surface area (Å²) in [6.45, 7) is 0.0955. The number of carbonyl (C=O) groups is 1. The number of hydrogen-bond donors (Lipinski definition) is 1. The van der Waals surface area contributed by atoms with Crippen LogP contribution in [0, 0.1) is 5.82 Å². The number of nitrogens with zero attached hydrogens (tertiary/aromatic N) is 3. The van der Waals surface area contributed by atoms with Crippen molar-refractivity contribution in [2.45, 2.75) is 38.7 Å². The molecule has 1 aliphatic heterocycles. The van der Waals surface area contributed by atoms with Crippen LogP contribution in [0.5, 0.6) is 5.75 Å². The lowest BCUT2D eigenvalue weighted by Crippen LogP contribution is -2.39. The lowest BCUT2D eigenvalue weighted by atomic mass is 9.96. The van der Waals surface area contributed by atoms with Crippen LogP contribution in [0.15, 0.2) is 54.6 Å². The number of nitrogens with one attached hydrogen (secondary N) is 1. The number of rotatable bonds is 7. The number of ether oxygens (including phenoxy) is 1. The topological polar surface area (TPSA) is 67.4 Å². The number of alkyl halides is 2. The Bertz CT molecular complexity index is 1160. The molecule has 1 fully saturated rings. The van der Waals surface area contributed by atoms with Crippen LogP contribution in [-0.4, -0.2) is 40.5 Å². The van der Waals surface area contributed by atoms with Gasteiger partial charge in [0.1, 0.15) is 23.2 Å². The quantitative estimate of drug-likeness (QED) is 0.477. The van der Waals surface area contributed by atoms with E-state index in [1.54, 1.807) is 30.3 Å². The number of carbonyl (C=O) groups excluding carboxylic acids is 1. The zero-order chi connectivity index (χ0) is 24.1. The summed E-state index contributed by atoms with van der Waals surface area (Å²) in [5.41, 5.74) is 1.58. The van der Waals surface area contributed by atoms with Gasteiger partial charge in [0.2, 0.25) is 5.91 Å². The van der Waals surface area contributed by atoms with E-state index < -0.39 is 12.4 Å². The Kier molecular flexibility index (Phi) is 7.30. The number of hydrogen-bond acceptors (Lipinski definition) is 5. The summed E-state index contributed by atoms with van der Waals surface area (Å²) in [5, 5.41) is 3.10. The SMILES string of the molecule is CCC(=O)N1CCCC(c2nc(Nc3cccc(F)c3)cc(-c3cccc(OC(F)F)c3)n2)C1. The minimum atomic E-state index is -2.94. The predicted molar refractivity (Wildman–Crippen MR) is 123 cm³/mol. The molecular formula is C25H25F3N4O2. The molecule has 0 radical (unpaired) electrons. The summed E-state index contributed by atoms with van der Waals surface area (Å²) in [7, 11) is 0. The van der Waals surface area contributed by atoms with Crippen molar-refractivity contribution >= 4 is 17.4 Å². The van der Waals surface area contributed by atoms with Crippen molar-refractivity contribution in [1.82, 2.24) is 14.9 Å². The molecule has 1 saturated heterocycles. The van der Waals surface area contributed by atoms with Crippen molar-refractivity contribution in [2.75, 3.05) is 18.4 Å². The van der Waals surface area contributed by atoms with E-state index in [4.69, 9.17) is 4.98 Å². The van der Waals surface area contributed by atoms with Crippen LogP contribution in [-0.2, 0) is 4.79 Å². The second-order valence-corrected chi connectivity index (χ2v) is 8.07. The van der Waals surface area contributed by atoms with Gasteiger partial charge in [-0.25, -0.2) is 14.4 Å². The van der Waals surface area contributed by atoms with Gasteiger partial charge in [0.05, 0.1) is 5.69 Å². The van der Waals surface area contributed by atoms with Crippen LogP contribution in [0.25, 0.3) is 11.3 Å². The predicted octanol–water partition coefficient (Wildman–Crippen LogP) is 5.74. The van der Waals surface area contributed by atoms with E-state index in [2.05, 4.69) is 15.0 Å². The normalized spacial score (nSPS) is 15.9. The molecule has 0 bridgehead atoms. The van der Waals surface area contributed by atoms with E-state index in [0.717, 1.165) is 12.8 Å². The second-order valence-electron chi connectivity index (χ2n) is 8.07. The zero-order valence-electron chi connectivity index (χ0n) is 18.7. The van der Waals surface area contributed by atoms with E-state index in [1.165, 1.54) is 24.3 Å². The van der Waals surface area contributed by atoms with E-state index in [1.807, 2.05) is 11.8 Å². The van der Waals surface area contributed by atoms with Gasteiger partial charge in [0.25, 0.3) is 0 Å². The summed E-state index contributed by atoms with van der Waals surface area (Å²) >= 11 is 0. The molecule has 178 valence electrons.